The summed E-state index contributed by atoms with van der Waals surface area (Å²) in [7, 11) is 1.65. The van der Waals surface area contributed by atoms with Crippen molar-refractivity contribution in [3.05, 3.63) is 34.9 Å². The van der Waals surface area contributed by atoms with Gasteiger partial charge in [0.15, 0.2) is 5.82 Å². The van der Waals surface area contributed by atoms with Gasteiger partial charge in [-0.15, -0.1) is 0 Å². The first-order valence-corrected chi connectivity index (χ1v) is 6.44. The van der Waals surface area contributed by atoms with Gasteiger partial charge in [-0.05, 0) is 47.1 Å². The van der Waals surface area contributed by atoms with Crippen molar-refractivity contribution in [1.82, 2.24) is 9.97 Å². The Hall–Kier alpha value is -1.62. The van der Waals surface area contributed by atoms with Gasteiger partial charge in [0.2, 0.25) is 0 Å². The van der Waals surface area contributed by atoms with Gasteiger partial charge in [0.1, 0.15) is 11.6 Å². The maximum Gasteiger partial charge on any atom is 0.161 e. The molecule has 0 spiro atoms. The summed E-state index contributed by atoms with van der Waals surface area (Å²) in [5.74, 6) is 2.32. The van der Waals surface area contributed by atoms with Crippen LogP contribution in [0.4, 0.5) is 5.82 Å². The monoisotopic (exact) mass is 307 g/mol. The van der Waals surface area contributed by atoms with Crippen LogP contribution in [0.2, 0.25) is 0 Å². The van der Waals surface area contributed by atoms with Gasteiger partial charge in [-0.1, -0.05) is 0 Å². The molecule has 0 saturated carbocycles. The van der Waals surface area contributed by atoms with Gasteiger partial charge in [-0.25, -0.2) is 9.97 Å². The molecule has 2 aromatic rings. The number of aromatic nitrogens is 2. The minimum Gasteiger partial charge on any atom is -0.497 e. The van der Waals surface area contributed by atoms with E-state index in [2.05, 4.69) is 31.2 Å². The Bertz CT molecular complexity index is 528. The molecule has 0 radical (unpaired) electrons. The Morgan fingerprint density at radius 3 is 2.61 bits per heavy atom. The summed E-state index contributed by atoms with van der Waals surface area (Å²) in [4.78, 5) is 8.79. The Labute approximate surface area is 115 Å². The molecular weight excluding hydrogens is 294 g/mol. The number of anilines is 1. The van der Waals surface area contributed by atoms with Crippen LogP contribution in [0.5, 0.6) is 5.75 Å². The molecule has 1 aromatic heterocycles. The fraction of sp³-hybridized carbons (Fsp3) is 0.231. The van der Waals surface area contributed by atoms with Crippen molar-refractivity contribution in [2.24, 2.45) is 0 Å². The van der Waals surface area contributed by atoms with E-state index in [4.69, 9.17) is 4.74 Å². The van der Waals surface area contributed by atoms with Gasteiger partial charge < -0.3 is 10.1 Å². The molecule has 0 fully saturated rings. The number of nitrogens with zero attached hydrogens (tertiary/aromatic N) is 2. The molecule has 1 heterocycles. The average Bonchev–Trinajstić information content (AvgIpc) is 2.42. The first-order valence-electron chi connectivity index (χ1n) is 5.65. The Morgan fingerprint density at radius 2 is 2.00 bits per heavy atom. The maximum absolute atomic E-state index is 5.13. The molecule has 0 aliphatic rings. The lowest BCUT2D eigenvalue weighted by Crippen LogP contribution is -2.02. The molecule has 0 atom stereocenters. The molecule has 2 rings (SSSR count). The van der Waals surface area contributed by atoms with E-state index in [1.165, 1.54) is 0 Å². The summed E-state index contributed by atoms with van der Waals surface area (Å²) in [6, 6.07) is 7.68. The molecule has 1 aromatic carbocycles. The predicted octanol–water partition coefficient (Wildman–Crippen LogP) is 3.35. The highest BCUT2D eigenvalue weighted by molar-refractivity contribution is 9.10. The summed E-state index contributed by atoms with van der Waals surface area (Å²) in [5, 5.41) is 3.19. The third-order valence-electron chi connectivity index (χ3n) is 2.44. The van der Waals surface area contributed by atoms with Crippen molar-refractivity contribution in [3.63, 3.8) is 0 Å². The summed E-state index contributed by atoms with van der Waals surface area (Å²) >= 11 is 3.42. The maximum atomic E-state index is 5.13. The minimum absolute atomic E-state index is 0.691. The second-order valence-electron chi connectivity index (χ2n) is 3.65. The van der Waals surface area contributed by atoms with Gasteiger partial charge in [-0.2, -0.15) is 0 Å². The predicted molar refractivity (Wildman–Crippen MR) is 75.9 cm³/mol. The number of hydrogen-bond acceptors (Lipinski definition) is 4. The third-order valence-corrected chi connectivity index (χ3v) is 3.02. The molecule has 4 nitrogen and oxygen atoms in total. The number of ether oxygens (including phenoxy) is 1. The smallest absolute Gasteiger partial charge is 0.161 e. The summed E-state index contributed by atoms with van der Waals surface area (Å²) in [5.41, 5.74) is 0.961. The number of nitrogens with one attached hydrogen (secondary N) is 1. The van der Waals surface area contributed by atoms with Crippen molar-refractivity contribution in [2.75, 3.05) is 19.0 Å². The van der Waals surface area contributed by atoms with Gasteiger partial charge in [-0.3, -0.25) is 0 Å². The molecule has 0 aliphatic heterocycles. The average molecular weight is 308 g/mol. The van der Waals surface area contributed by atoms with E-state index in [9.17, 15) is 0 Å². The van der Waals surface area contributed by atoms with Crippen LogP contribution in [-0.4, -0.2) is 23.6 Å². The molecular formula is C13H14BrN3O. The Balaban J connectivity index is 2.34. The van der Waals surface area contributed by atoms with Crippen LogP contribution in [-0.2, 0) is 0 Å². The molecule has 0 aliphatic carbocycles. The second-order valence-corrected chi connectivity index (χ2v) is 4.50. The van der Waals surface area contributed by atoms with Crippen LogP contribution in [0, 0.1) is 0 Å². The van der Waals surface area contributed by atoms with Crippen molar-refractivity contribution >= 4 is 21.7 Å². The molecule has 0 amide bonds. The van der Waals surface area contributed by atoms with E-state index < -0.39 is 0 Å². The zero-order valence-corrected chi connectivity index (χ0v) is 11.9. The quantitative estimate of drug-likeness (QED) is 0.941. The summed E-state index contributed by atoms with van der Waals surface area (Å²) in [6.45, 7) is 2.85. The molecule has 0 saturated heterocycles. The number of rotatable bonds is 4. The van der Waals surface area contributed by atoms with E-state index in [1.807, 2.05) is 31.2 Å². The normalized spacial score (nSPS) is 10.2. The summed E-state index contributed by atoms with van der Waals surface area (Å²) < 4.78 is 5.99. The fourth-order valence-electron chi connectivity index (χ4n) is 1.54. The molecule has 94 valence electrons. The lowest BCUT2D eigenvalue weighted by Gasteiger charge is -2.07. The first kappa shape index (κ1) is 12.8. The zero-order valence-electron chi connectivity index (χ0n) is 10.3. The number of halogens is 1. The highest BCUT2D eigenvalue weighted by Gasteiger charge is 2.06. The highest BCUT2D eigenvalue weighted by atomic mass is 79.9. The van der Waals surface area contributed by atoms with E-state index in [1.54, 1.807) is 13.3 Å². The zero-order chi connectivity index (χ0) is 13.0. The van der Waals surface area contributed by atoms with Gasteiger partial charge in [0.25, 0.3) is 0 Å². The largest absolute Gasteiger partial charge is 0.497 e. The number of methoxy groups -OCH3 is 1. The SMILES string of the molecule is CCNc1nc(-c2ccc(OC)cc2)ncc1Br. The van der Waals surface area contributed by atoms with E-state index in [-0.39, 0.29) is 0 Å². The number of benzene rings is 1. The van der Waals surface area contributed by atoms with E-state index >= 15 is 0 Å². The third kappa shape index (κ3) is 2.79. The van der Waals surface area contributed by atoms with E-state index in [0.717, 1.165) is 28.1 Å². The summed E-state index contributed by atoms with van der Waals surface area (Å²) in [6.07, 6.45) is 1.75. The molecule has 0 unspecified atom stereocenters. The van der Waals surface area contributed by atoms with Crippen molar-refractivity contribution < 1.29 is 4.74 Å². The molecule has 18 heavy (non-hydrogen) atoms. The lowest BCUT2D eigenvalue weighted by atomic mass is 10.2. The van der Waals surface area contributed by atoms with Crippen LogP contribution < -0.4 is 10.1 Å². The molecule has 1 N–H and O–H groups in total. The van der Waals surface area contributed by atoms with Gasteiger partial charge >= 0.3 is 0 Å². The van der Waals surface area contributed by atoms with Crippen molar-refractivity contribution in [3.8, 4) is 17.1 Å². The Kier molecular flexibility index (Phi) is 4.15. The second kappa shape index (κ2) is 5.82. The topological polar surface area (TPSA) is 47.0 Å². The lowest BCUT2D eigenvalue weighted by molar-refractivity contribution is 0.415. The van der Waals surface area contributed by atoms with Crippen LogP contribution in [0.1, 0.15) is 6.92 Å². The van der Waals surface area contributed by atoms with Crippen molar-refractivity contribution in [2.45, 2.75) is 6.92 Å². The van der Waals surface area contributed by atoms with Crippen LogP contribution in [0.3, 0.4) is 0 Å². The van der Waals surface area contributed by atoms with E-state index in [0.29, 0.717) is 5.82 Å². The van der Waals surface area contributed by atoms with Crippen molar-refractivity contribution in [1.29, 1.82) is 0 Å². The Morgan fingerprint density at radius 1 is 1.28 bits per heavy atom. The van der Waals surface area contributed by atoms with Crippen LogP contribution in [0.25, 0.3) is 11.4 Å². The fourth-order valence-corrected chi connectivity index (χ4v) is 1.87. The minimum atomic E-state index is 0.691. The van der Waals surface area contributed by atoms with Crippen LogP contribution in [0.15, 0.2) is 34.9 Å². The van der Waals surface area contributed by atoms with Crippen LogP contribution >= 0.6 is 15.9 Å². The molecule has 0 bridgehead atoms. The van der Waals surface area contributed by atoms with Gasteiger partial charge in [0.05, 0.1) is 11.6 Å². The number of hydrogen-bond donors (Lipinski definition) is 1. The standard InChI is InChI=1S/C13H14BrN3O/c1-3-15-13-11(14)8-16-12(17-13)9-4-6-10(18-2)7-5-9/h4-8H,3H2,1-2H3,(H,15,16,17). The first-order chi connectivity index (χ1) is 8.74. The highest BCUT2D eigenvalue weighted by Crippen LogP contribution is 2.24. The van der Waals surface area contributed by atoms with Gasteiger partial charge in [0, 0.05) is 18.3 Å². The molecule has 5 heteroatoms.